The van der Waals surface area contributed by atoms with Crippen LogP contribution < -0.4 is 10.1 Å². The first-order chi connectivity index (χ1) is 14.0. The molecule has 0 heterocycles. The van der Waals surface area contributed by atoms with Gasteiger partial charge >= 0.3 is 0 Å². The lowest BCUT2D eigenvalue weighted by Crippen LogP contribution is -2.20. The number of amides is 1. The summed E-state index contributed by atoms with van der Waals surface area (Å²) in [4.78, 5) is 22.5. The third-order valence-electron chi connectivity index (χ3n) is 4.28. The second-order valence-electron chi connectivity index (χ2n) is 6.31. The van der Waals surface area contributed by atoms with Crippen LogP contribution in [0.25, 0.3) is 11.1 Å². The number of non-ortho nitro benzene ring substituents is 1. The standard InChI is InChI=1S/C22H17N3O4/c1-15-2-9-19(25(27)28)12-21(15)24-22(26)14-29-20-10-7-18(8-11-20)17-5-3-16(13-23)4-6-17/h2-12H,14H2,1H3,(H,24,26). The quantitative estimate of drug-likeness (QED) is 0.496. The van der Waals surface area contributed by atoms with E-state index in [0.717, 1.165) is 16.7 Å². The number of nitro groups is 1. The molecule has 0 unspecified atom stereocenters. The number of rotatable bonds is 6. The van der Waals surface area contributed by atoms with Crippen LogP contribution in [0.1, 0.15) is 11.1 Å². The van der Waals surface area contributed by atoms with Crippen molar-refractivity contribution in [1.82, 2.24) is 0 Å². The summed E-state index contributed by atoms with van der Waals surface area (Å²) in [5.41, 5.74) is 3.52. The van der Waals surface area contributed by atoms with E-state index in [2.05, 4.69) is 11.4 Å². The predicted octanol–water partition coefficient (Wildman–Crippen LogP) is 4.46. The predicted molar refractivity (Wildman–Crippen MR) is 109 cm³/mol. The zero-order chi connectivity index (χ0) is 20.8. The van der Waals surface area contributed by atoms with Crippen LogP contribution in [0.15, 0.2) is 66.7 Å². The molecule has 0 radical (unpaired) electrons. The summed E-state index contributed by atoms with van der Waals surface area (Å²) in [6.45, 7) is 1.53. The van der Waals surface area contributed by atoms with Crippen LogP contribution in [0.4, 0.5) is 11.4 Å². The van der Waals surface area contributed by atoms with Gasteiger partial charge in [-0.25, -0.2) is 0 Å². The topological polar surface area (TPSA) is 105 Å². The number of nitriles is 1. The first-order valence-electron chi connectivity index (χ1n) is 8.74. The molecule has 1 N–H and O–H groups in total. The van der Waals surface area contributed by atoms with Gasteiger partial charge in [-0.3, -0.25) is 14.9 Å². The van der Waals surface area contributed by atoms with Crippen molar-refractivity contribution in [3.8, 4) is 22.9 Å². The Balaban J connectivity index is 1.60. The molecule has 3 rings (SSSR count). The molecule has 0 aromatic heterocycles. The molecule has 0 fully saturated rings. The lowest BCUT2D eigenvalue weighted by molar-refractivity contribution is -0.384. The average molecular weight is 387 g/mol. The van der Waals surface area contributed by atoms with Gasteiger partial charge in [0.15, 0.2) is 6.61 Å². The van der Waals surface area contributed by atoms with Crippen molar-refractivity contribution in [2.24, 2.45) is 0 Å². The first kappa shape index (κ1) is 19.6. The summed E-state index contributed by atoms with van der Waals surface area (Å²) >= 11 is 0. The molecule has 3 aromatic carbocycles. The Morgan fingerprint density at radius 2 is 1.69 bits per heavy atom. The van der Waals surface area contributed by atoms with Gasteiger partial charge in [0, 0.05) is 12.1 Å². The van der Waals surface area contributed by atoms with E-state index in [9.17, 15) is 14.9 Å². The first-order valence-corrected chi connectivity index (χ1v) is 8.74. The minimum Gasteiger partial charge on any atom is -0.484 e. The van der Waals surface area contributed by atoms with Gasteiger partial charge in [0.2, 0.25) is 0 Å². The normalized spacial score (nSPS) is 10.1. The summed E-state index contributed by atoms with van der Waals surface area (Å²) in [6.07, 6.45) is 0. The molecule has 7 heteroatoms. The monoisotopic (exact) mass is 387 g/mol. The molecule has 7 nitrogen and oxygen atoms in total. The molecule has 0 aliphatic heterocycles. The lowest BCUT2D eigenvalue weighted by atomic mass is 10.0. The van der Waals surface area contributed by atoms with E-state index in [1.807, 2.05) is 24.3 Å². The zero-order valence-corrected chi connectivity index (χ0v) is 15.6. The van der Waals surface area contributed by atoms with E-state index in [4.69, 9.17) is 10.00 Å². The number of hydrogen-bond acceptors (Lipinski definition) is 5. The van der Waals surface area contributed by atoms with Crippen molar-refractivity contribution in [3.63, 3.8) is 0 Å². The molecule has 144 valence electrons. The molecule has 29 heavy (non-hydrogen) atoms. The minimum atomic E-state index is -0.513. The Kier molecular flexibility index (Phi) is 5.85. The molecule has 1 amide bonds. The van der Waals surface area contributed by atoms with E-state index in [1.54, 1.807) is 37.3 Å². The van der Waals surface area contributed by atoms with Crippen molar-refractivity contribution in [1.29, 1.82) is 5.26 Å². The van der Waals surface area contributed by atoms with Crippen LogP contribution in [0, 0.1) is 28.4 Å². The number of hydrogen-bond donors (Lipinski definition) is 1. The number of carbonyl (C=O) groups excluding carboxylic acids is 1. The maximum atomic E-state index is 12.1. The van der Waals surface area contributed by atoms with Gasteiger partial charge in [0.05, 0.1) is 22.2 Å². The Labute approximate surface area is 167 Å². The Bertz CT molecular complexity index is 1080. The summed E-state index contributed by atoms with van der Waals surface area (Å²) < 4.78 is 5.50. The van der Waals surface area contributed by atoms with Crippen LogP contribution in [0.5, 0.6) is 5.75 Å². The smallest absolute Gasteiger partial charge is 0.271 e. The van der Waals surface area contributed by atoms with Crippen molar-refractivity contribution >= 4 is 17.3 Å². The third-order valence-corrected chi connectivity index (χ3v) is 4.28. The molecule has 0 saturated heterocycles. The van der Waals surface area contributed by atoms with Crippen LogP contribution in [-0.4, -0.2) is 17.4 Å². The largest absolute Gasteiger partial charge is 0.484 e. The summed E-state index contributed by atoms with van der Waals surface area (Å²) in [7, 11) is 0. The average Bonchev–Trinajstić information content (AvgIpc) is 2.74. The minimum absolute atomic E-state index is 0.0924. The molecular weight excluding hydrogens is 370 g/mol. The van der Waals surface area contributed by atoms with Gasteiger partial charge in [-0.15, -0.1) is 0 Å². The Hall–Kier alpha value is -4.18. The van der Waals surface area contributed by atoms with Crippen molar-refractivity contribution in [2.75, 3.05) is 11.9 Å². The molecule has 0 aliphatic carbocycles. The number of nitrogens with zero attached hydrogens (tertiary/aromatic N) is 2. The van der Waals surface area contributed by atoms with E-state index in [1.165, 1.54) is 12.1 Å². The third kappa shape index (κ3) is 4.96. The van der Waals surface area contributed by atoms with Gasteiger partial charge < -0.3 is 10.1 Å². The fourth-order valence-electron chi connectivity index (χ4n) is 2.67. The van der Waals surface area contributed by atoms with Gasteiger partial charge in [0.25, 0.3) is 11.6 Å². The van der Waals surface area contributed by atoms with Crippen molar-refractivity contribution in [2.45, 2.75) is 6.92 Å². The fraction of sp³-hybridized carbons (Fsp3) is 0.0909. The maximum absolute atomic E-state index is 12.1. The summed E-state index contributed by atoms with van der Waals surface area (Å²) in [5, 5.41) is 22.4. The molecule has 0 saturated carbocycles. The van der Waals surface area contributed by atoms with E-state index in [0.29, 0.717) is 17.0 Å². The Morgan fingerprint density at radius 3 is 2.28 bits per heavy atom. The second-order valence-corrected chi connectivity index (χ2v) is 6.31. The number of anilines is 1. The number of ether oxygens (including phenoxy) is 1. The molecule has 3 aromatic rings. The highest BCUT2D eigenvalue weighted by atomic mass is 16.6. The number of benzene rings is 3. The maximum Gasteiger partial charge on any atom is 0.271 e. The number of carbonyl (C=O) groups is 1. The van der Waals surface area contributed by atoms with Gasteiger partial charge in [-0.2, -0.15) is 5.26 Å². The Morgan fingerprint density at radius 1 is 1.07 bits per heavy atom. The number of aryl methyl sites for hydroxylation is 1. The fourth-order valence-corrected chi connectivity index (χ4v) is 2.67. The molecule has 0 aliphatic rings. The van der Waals surface area contributed by atoms with Crippen molar-refractivity contribution in [3.05, 3.63) is 88.0 Å². The molecule has 0 atom stereocenters. The van der Waals surface area contributed by atoms with Crippen LogP contribution in [0.3, 0.4) is 0 Å². The summed E-state index contributed by atoms with van der Waals surface area (Å²) in [6, 6.07) is 20.8. The van der Waals surface area contributed by atoms with Gasteiger partial charge in [0.1, 0.15) is 5.75 Å². The van der Waals surface area contributed by atoms with E-state index in [-0.39, 0.29) is 12.3 Å². The highest BCUT2D eigenvalue weighted by Crippen LogP contribution is 2.24. The summed E-state index contributed by atoms with van der Waals surface area (Å²) in [5.74, 6) is 0.109. The highest BCUT2D eigenvalue weighted by molar-refractivity contribution is 5.93. The van der Waals surface area contributed by atoms with Crippen LogP contribution >= 0.6 is 0 Å². The van der Waals surface area contributed by atoms with Gasteiger partial charge in [-0.05, 0) is 47.9 Å². The van der Waals surface area contributed by atoms with Crippen LogP contribution in [-0.2, 0) is 4.79 Å². The van der Waals surface area contributed by atoms with Crippen LogP contribution in [0.2, 0.25) is 0 Å². The van der Waals surface area contributed by atoms with E-state index < -0.39 is 10.8 Å². The SMILES string of the molecule is Cc1ccc([N+](=O)[O-])cc1NC(=O)COc1ccc(-c2ccc(C#N)cc2)cc1. The highest BCUT2D eigenvalue weighted by Gasteiger charge is 2.11. The molecule has 0 bridgehead atoms. The van der Waals surface area contributed by atoms with Gasteiger partial charge in [-0.1, -0.05) is 30.3 Å². The second kappa shape index (κ2) is 8.67. The molecule has 0 spiro atoms. The number of nitrogens with one attached hydrogen (secondary N) is 1. The molecular formula is C22H17N3O4. The lowest BCUT2D eigenvalue weighted by Gasteiger charge is -2.10. The number of nitro benzene ring substituents is 1. The van der Waals surface area contributed by atoms with Crippen molar-refractivity contribution < 1.29 is 14.5 Å². The zero-order valence-electron chi connectivity index (χ0n) is 15.6. The van der Waals surface area contributed by atoms with E-state index >= 15 is 0 Å².